The van der Waals surface area contributed by atoms with Crippen molar-refractivity contribution in [1.82, 2.24) is 5.32 Å². The summed E-state index contributed by atoms with van der Waals surface area (Å²) in [5, 5.41) is 5.11. The molecule has 1 aromatic heterocycles. The lowest BCUT2D eigenvalue weighted by Crippen LogP contribution is -3.14. The highest BCUT2D eigenvalue weighted by Gasteiger charge is 2.34. The maximum absolute atomic E-state index is 12.6. The van der Waals surface area contributed by atoms with Crippen molar-refractivity contribution in [3.8, 4) is 0 Å². The summed E-state index contributed by atoms with van der Waals surface area (Å²) in [6.45, 7) is 0.273. The number of likely N-dealkylation sites (N-methyl/N-ethyl adjacent to an activating group) is 1. The van der Waals surface area contributed by atoms with Crippen LogP contribution in [0.25, 0.3) is 0 Å². The van der Waals surface area contributed by atoms with Crippen molar-refractivity contribution in [2.45, 2.75) is 18.5 Å². The van der Waals surface area contributed by atoms with Crippen LogP contribution in [-0.4, -0.2) is 45.5 Å². The van der Waals surface area contributed by atoms with Crippen molar-refractivity contribution in [2.24, 2.45) is 0 Å². The van der Waals surface area contributed by atoms with Crippen LogP contribution in [0.1, 0.15) is 22.9 Å². The molecule has 5 nitrogen and oxygen atoms in total. The third-order valence-corrected chi connectivity index (χ3v) is 7.34. The Morgan fingerprint density at radius 1 is 1.28 bits per heavy atom. The standard InChI is InChI=1S/C18H22N2O3S2/c1-20(15-9-11-25(22,23)13-15)12-17(21)19-18(16-8-5-10-24-16)14-6-3-2-4-7-14/h2-8,10,15,18H,9,11-13H2,1H3,(H,19,21)/p+1/t15-,18-/m1/s1. The summed E-state index contributed by atoms with van der Waals surface area (Å²) in [5.41, 5.74) is 1.04. The number of hydrogen-bond acceptors (Lipinski definition) is 4. The molecule has 0 spiro atoms. The van der Waals surface area contributed by atoms with Crippen LogP contribution >= 0.6 is 11.3 Å². The molecule has 2 heterocycles. The molecular formula is C18H23N2O3S2+. The van der Waals surface area contributed by atoms with Crippen molar-refractivity contribution < 1.29 is 18.1 Å². The highest BCUT2D eigenvalue weighted by atomic mass is 32.2. The minimum atomic E-state index is -2.93. The SMILES string of the molecule is C[NH+](CC(=O)N[C@H](c1ccccc1)c1cccs1)[C@@H]1CCS(=O)(=O)C1. The maximum atomic E-state index is 12.6. The number of nitrogens with one attached hydrogen (secondary N) is 2. The van der Waals surface area contributed by atoms with Crippen molar-refractivity contribution in [3.05, 3.63) is 58.3 Å². The normalized spacial score (nSPS) is 21.6. The van der Waals surface area contributed by atoms with Gasteiger partial charge in [0, 0.05) is 11.3 Å². The molecule has 134 valence electrons. The molecule has 0 saturated carbocycles. The molecule has 3 atom stereocenters. The van der Waals surface area contributed by atoms with E-state index in [-0.39, 0.29) is 36.0 Å². The Bertz CT molecular complexity index is 804. The third-order valence-electron chi connectivity index (χ3n) is 4.63. The predicted octanol–water partition coefficient (Wildman–Crippen LogP) is 0.656. The minimum absolute atomic E-state index is 0.00710. The zero-order valence-corrected chi connectivity index (χ0v) is 15.8. The predicted molar refractivity (Wildman–Crippen MR) is 99.6 cm³/mol. The van der Waals surface area contributed by atoms with Crippen LogP contribution in [0.2, 0.25) is 0 Å². The Balaban J connectivity index is 1.67. The van der Waals surface area contributed by atoms with Gasteiger partial charge in [-0.25, -0.2) is 8.42 Å². The van der Waals surface area contributed by atoms with Gasteiger partial charge in [0.2, 0.25) is 0 Å². The first-order chi connectivity index (χ1) is 11.9. The van der Waals surface area contributed by atoms with Gasteiger partial charge in [-0.3, -0.25) is 4.79 Å². The van der Waals surface area contributed by atoms with E-state index in [1.807, 2.05) is 54.9 Å². The number of quaternary nitrogens is 1. The van der Waals surface area contributed by atoms with Gasteiger partial charge in [0.25, 0.3) is 5.91 Å². The Morgan fingerprint density at radius 3 is 2.64 bits per heavy atom. The molecule has 25 heavy (non-hydrogen) atoms. The molecule has 2 aromatic rings. The lowest BCUT2D eigenvalue weighted by molar-refractivity contribution is -0.894. The van der Waals surface area contributed by atoms with Crippen LogP contribution in [0.4, 0.5) is 0 Å². The summed E-state index contributed by atoms with van der Waals surface area (Å²) < 4.78 is 23.3. The first-order valence-corrected chi connectivity index (χ1v) is 11.0. The molecular weight excluding hydrogens is 356 g/mol. The van der Waals surface area contributed by atoms with E-state index in [1.165, 1.54) is 0 Å². The average molecular weight is 380 g/mol. The summed E-state index contributed by atoms with van der Waals surface area (Å²) in [7, 11) is -1.03. The lowest BCUT2D eigenvalue weighted by atomic mass is 10.1. The van der Waals surface area contributed by atoms with Crippen LogP contribution in [0, 0.1) is 0 Å². The van der Waals surface area contributed by atoms with E-state index >= 15 is 0 Å². The van der Waals surface area contributed by atoms with E-state index in [9.17, 15) is 13.2 Å². The van der Waals surface area contributed by atoms with Crippen LogP contribution in [0.3, 0.4) is 0 Å². The number of carbonyl (C=O) groups is 1. The maximum Gasteiger partial charge on any atom is 0.275 e. The number of carbonyl (C=O) groups excluding carboxylic acids is 1. The molecule has 2 N–H and O–H groups in total. The van der Waals surface area contributed by atoms with Crippen LogP contribution in [0.15, 0.2) is 47.8 Å². The van der Waals surface area contributed by atoms with Crippen molar-refractivity contribution >= 4 is 27.1 Å². The van der Waals surface area contributed by atoms with E-state index in [4.69, 9.17) is 0 Å². The van der Waals surface area contributed by atoms with E-state index in [0.29, 0.717) is 6.42 Å². The second-order valence-corrected chi connectivity index (χ2v) is 9.76. The Morgan fingerprint density at radius 2 is 2.04 bits per heavy atom. The fraction of sp³-hybridized carbons (Fsp3) is 0.389. The molecule has 0 aliphatic carbocycles. The molecule has 1 saturated heterocycles. The van der Waals surface area contributed by atoms with E-state index in [0.717, 1.165) is 15.3 Å². The van der Waals surface area contributed by atoms with Crippen LogP contribution < -0.4 is 10.2 Å². The molecule has 1 aliphatic heterocycles. The molecule has 3 rings (SSSR count). The molecule has 1 unspecified atom stereocenters. The second-order valence-electron chi connectivity index (χ2n) is 6.55. The summed E-state index contributed by atoms with van der Waals surface area (Å²) in [6, 6.07) is 13.7. The summed E-state index contributed by atoms with van der Waals surface area (Å²) in [6.07, 6.45) is 0.633. The van der Waals surface area contributed by atoms with Crippen molar-refractivity contribution in [2.75, 3.05) is 25.1 Å². The summed E-state index contributed by atoms with van der Waals surface area (Å²) >= 11 is 1.61. The van der Waals surface area contributed by atoms with Gasteiger partial charge in [-0.2, -0.15) is 0 Å². The molecule has 1 amide bonds. The highest BCUT2D eigenvalue weighted by molar-refractivity contribution is 7.91. The summed E-state index contributed by atoms with van der Waals surface area (Å²) in [4.78, 5) is 14.6. The van der Waals surface area contributed by atoms with Crippen LogP contribution in [-0.2, 0) is 14.6 Å². The largest absolute Gasteiger partial charge is 0.339 e. The van der Waals surface area contributed by atoms with Crippen LogP contribution in [0.5, 0.6) is 0 Å². The smallest absolute Gasteiger partial charge is 0.275 e. The van der Waals surface area contributed by atoms with Gasteiger partial charge >= 0.3 is 0 Å². The first kappa shape index (κ1) is 18.1. The Hall–Kier alpha value is -1.70. The number of amides is 1. The molecule has 0 radical (unpaired) electrons. The quantitative estimate of drug-likeness (QED) is 0.775. The molecule has 1 fully saturated rings. The zero-order chi connectivity index (χ0) is 17.9. The van der Waals surface area contributed by atoms with Gasteiger partial charge in [0.15, 0.2) is 16.4 Å². The van der Waals surface area contributed by atoms with Gasteiger partial charge in [-0.15, -0.1) is 11.3 Å². The number of sulfone groups is 1. The lowest BCUT2D eigenvalue weighted by Gasteiger charge is -2.22. The monoisotopic (exact) mass is 379 g/mol. The number of hydrogen-bond donors (Lipinski definition) is 2. The molecule has 7 heteroatoms. The van der Waals surface area contributed by atoms with Gasteiger partial charge in [-0.05, 0) is 17.0 Å². The zero-order valence-electron chi connectivity index (χ0n) is 14.1. The minimum Gasteiger partial charge on any atom is -0.339 e. The molecule has 1 aromatic carbocycles. The number of benzene rings is 1. The van der Waals surface area contributed by atoms with Gasteiger partial charge in [0.05, 0.1) is 18.8 Å². The Labute approximate surface area is 152 Å². The molecule has 1 aliphatic rings. The van der Waals surface area contributed by atoms with Crippen molar-refractivity contribution in [3.63, 3.8) is 0 Å². The fourth-order valence-corrected chi connectivity index (χ4v) is 5.89. The van der Waals surface area contributed by atoms with E-state index in [1.54, 1.807) is 11.3 Å². The number of thiophene rings is 1. The molecule has 0 bridgehead atoms. The van der Waals surface area contributed by atoms with Gasteiger partial charge in [-0.1, -0.05) is 36.4 Å². The topological polar surface area (TPSA) is 67.7 Å². The van der Waals surface area contributed by atoms with E-state index in [2.05, 4.69) is 5.32 Å². The summed E-state index contributed by atoms with van der Waals surface area (Å²) in [5.74, 6) is 0.349. The first-order valence-electron chi connectivity index (χ1n) is 8.35. The van der Waals surface area contributed by atoms with Gasteiger partial charge in [0.1, 0.15) is 11.8 Å². The Kier molecular flexibility index (Phi) is 5.56. The van der Waals surface area contributed by atoms with Gasteiger partial charge < -0.3 is 10.2 Å². The van der Waals surface area contributed by atoms with E-state index < -0.39 is 9.84 Å². The number of rotatable bonds is 6. The average Bonchev–Trinajstić information content (AvgIpc) is 3.23. The third kappa shape index (κ3) is 4.68. The second kappa shape index (κ2) is 7.68. The van der Waals surface area contributed by atoms with Crippen molar-refractivity contribution in [1.29, 1.82) is 0 Å². The fourth-order valence-electron chi connectivity index (χ4n) is 3.21. The highest BCUT2D eigenvalue weighted by Crippen LogP contribution is 2.25.